The van der Waals surface area contributed by atoms with Gasteiger partial charge in [0.05, 0.1) is 24.1 Å². The van der Waals surface area contributed by atoms with Gasteiger partial charge in [0.15, 0.2) is 0 Å². The van der Waals surface area contributed by atoms with Crippen molar-refractivity contribution >= 4 is 17.8 Å². The van der Waals surface area contributed by atoms with Crippen molar-refractivity contribution in [2.45, 2.75) is 45.1 Å². The van der Waals surface area contributed by atoms with E-state index in [9.17, 15) is 19.5 Å². The Balaban J connectivity index is 1.72. The first kappa shape index (κ1) is 23.5. The van der Waals surface area contributed by atoms with E-state index >= 15 is 0 Å². The van der Waals surface area contributed by atoms with E-state index in [4.69, 9.17) is 0 Å². The van der Waals surface area contributed by atoms with Crippen LogP contribution in [0.25, 0.3) is 11.3 Å². The number of carboxylic acid groups (broad SMARTS) is 1. The molecule has 2 unspecified atom stereocenters. The molecule has 0 aliphatic carbocycles. The lowest BCUT2D eigenvalue weighted by Gasteiger charge is -2.37. The van der Waals surface area contributed by atoms with Crippen molar-refractivity contribution < 1.29 is 19.5 Å². The number of benzene rings is 1. The van der Waals surface area contributed by atoms with Gasteiger partial charge in [-0.05, 0) is 43.2 Å². The number of amides is 2. The van der Waals surface area contributed by atoms with E-state index in [0.717, 1.165) is 23.2 Å². The fourth-order valence-corrected chi connectivity index (χ4v) is 4.05. The molecule has 0 radical (unpaired) electrons. The van der Waals surface area contributed by atoms with Gasteiger partial charge in [-0.3, -0.25) is 19.4 Å². The van der Waals surface area contributed by atoms with Crippen LogP contribution in [0.15, 0.2) is 36.8 Å². The summed E-state index contributed by atoms with van der Waals surface area (Å²) in [4.78, 5) is 44.3. The van der Waals surface area contributed by atoms with Crippen molar-refractivity contribution in [3.8, 4) is 11.3 Å². The summed E-state index contributed by atoms with van der Waals surface area (Å²) < 4.78 is 0. The van der Waals surface area contributed by atoms with Crippen LogP contribution in [0.4, 0.5) is 0 Å². The molecule has 1 saturated heterocycles. The Morgan fingerprint density at radius 2 is 2.03 bits per heavy atom. The van der Waals surface area contributed by atoms with Crippen LogP contribution in [0.2, 0.25) is 0 Å². The fourth-order valence-electron chi connectivity index (χ4n) is 4.05. The average Bonchev–Trinajstić information content (AvgIpc) is 3.36. The van der Waals surface area contributed by atoms with Crippen LogP contribution in [-0.4, -0.2) is 57.5 Å². The average molecular weight is 442 g/mol. The van der Waals surface area contributed by atoms with Gasteiger partial charge in [0.25, 0.3) is 0 Å². The first-order chi connectivity index (χ1) is 15.4. The molecule has 2 amide bonds. The van der Waals surface area contributed by atoms with Crippen LogP contribution in [0, 0.1) is 11.8 Å². The molecule has 3 atom stereocenters. The minimum atomic E-state index is -0.929. The summed E-state index contributed by atoms with van der Waals surface area (Å²) in [6, 6.07) is 7.41. The standard InChI is InChI=1S/C23H31N5O4/c1-15(23(31)32)12-18(22(30)28-20(21(29)24-2)4-3-11-27-28)10-7-16-5-8-17(9-6-16)19-13-25-14-26-19/h5-6,8-9,13-15,18,20,27H,3-4,7,10-12H2,1-2H3,(H,24,29)(H,25,26)(H,31,32)/t15?,18?,20-/m0/s1. The van der Waals surface area contributed by atoms with Crippen LogP contribution in [0.5, 0.6) is 0 Å². The van der Waals surface area contributed by atoms with Crippen molar-refractivity contribution in [2.24, 2.45) is 11.8 Å². The highest BCUT2D eigenvalue weighted by molar-refractivity contribution is 5.88. The van der Waals surface area contributed by atoms with Gasteiger partial charge in [-0.1, -0.05) is 31.2 Å². The number of imidazole rings is 1. The first-order valence-corrected chi connectivity index (χ1v) is 11.0. The maximum absolute atomic E-state index is 13.4. The lowest BCUT2D eigenvalue weighted by atomic mass is 9.88. The second kappa shape index (κ2) is 10.9. The third-order valence-corrected chi connectivity index (χ3v) is 5.99. The summed E-state index contributed by atoms with van der Waals surface area (Å²) in [5, 5.41) is 13.4. The minimum Gasteiger partial charge on any atom is -0.481 e. The molecule has 1 aliphatic heterocycles. The molecule has 2 heterocycles. The number of likely N-dealkylation sites (N-methyl/N-ethyl adjacent to an activating group) is 1. The van der Waals surface area contributed by atoms with E-state index in [1.54, 1.807) is 26.5 Å². The predicted molar refractivity (Wildman–Crippen MR) is 119 cm³/mol. The number of aromatic nitrogens is 2. The third kappa shape index (κ3) is 5.73. The summed E-state index contributed by atoms with van der Waals surface area (Å²) in [6.45, 7) is 2.22. The Bertz CT molecular complexity index is 913. The maximum Gasteiger partial charge on any atom is 0.306 e. The number of carbonyl (C=O) groups is 3. The molecule has 3 rings (SSSR count). The molecule has 4 N–H and O–H groups in total. The van der Waals surface area contributed by atoms with Crippen LogP contribution in [0.3, 0.4) is 0 Å². The number of carboxylic acids is 1. The summed E-state index contributed by atoms with van der Waals surface area (Å²) in [5.41, 5.74) is 6.06. The van der Waals surface area contributed by atoms with Crippen LogP contribution < -0.4 is 10.7 Å². The zero-order valence-electron chi connectivity index (χ0n) is 18.5. The van der Waals surface area contributed by atoms with E-state index in [1.807, 2.05) is 24.3 Å². The normalized spacial score (nSPS) is 18.1. The monoisotopic (exact) mass is 441 g/mol. The van der Waals surface area contributed by atoms with E-state index < -0.39 is 23.8 Å². The number of nitrogens with one attached hydrogen (secondary N) is 3. The van der Waals surface area contributed by atoms with Gasteiger partial charge in [-0.25, -0.2) is 10.4 Å². The Labute approximate surface area is 187 Å². The SMILES string of the molecule is CNC(=O)[C@@H]1CCCNN1C(=O)C(CCc1ccc(-c2cnc[nH]2)cc1)CC(C)C(=O)O. The first-order valence-electron chi connectivity index (χ1n) is 11.0. The molecule has 32 heavy (non-hydrogen) atoms. The summed E-state index contributed by atoms with van der Waals surface area (Å²) in [5.74, 6) is -2.53. The van der Waals surface area contributed by atoms with Crippen molar-refractivity contribution in [1.29, 1.82) is 0 Å². The molecule has 1 aromatic heterocycles. The molecule has 0 bridgehead atoms. The van der Waals surface area contributed by atoms with Crippen molar-refractivity contribution in [3.05, 3.63) is 42.4 Å². The lowest BCUT2D eigenvalue weighted by Crippen LogP contribution is -2.59. The molecule has 0 spiro atoms. The van der Waals surface area contributed by atoms with Crippen molar-refractivity contribution in [3.63, 3.8) is 0 Å². The largest absolute Gasteiger partial charge is 0.481 e. The highest BCUT2D eigenvalue weighted by Crippen LogP contribution is 2.25. The van der Waals surface area contributed by atoms with Gasteiger partial charge in [0.1, 0.15) is 6.04 Å². The molecule has 1 fully saturated rings. The number of aliphatic carboxylic acids is 1. The molecule has 172 valence electrons. The quantitative estimate of drug-likeness (QED) is 0.471. The summed E-state index contributed by atoms with van der Waals surface area (Å²) in [6.07, 6.45) is 6.10. The van der Waals surface area contributed by atoms with E-state index in [0.29, 0.717) is 25.8 Å². The molecule has 9 nitrogen and oxygen atoms in total. The molecular weight excluding hydrogens is 410 g/mol. The number of hydrogen-bond acceptors (Lipinski definition) is 5. The second-order valence-corrected chi connectivity index (χ2v) is 8.26. The topological polar surface area (TPSA) is 127 Å². The van der Waals surface area contributed by atoms with Crippen molar-refractivity contribution in [2.75, 3.05) is 13.6 Å². The number of aryl methyl sites for hydroxylation is 1. The number of hydrogen-bond donors (Lipinski definition) is 4. The lowest BCUT2D eigenvalue weighted by molar-refractivity contribution is -0.151. The minimum absolute atomic E-state index is 0.218. The Hall–Kier alpha value is -3.20. The molecule has 2 aromatic rings. The van der Waals surface area contributed by atoms with Gasteiger partial charge in [0, 0.05) is 19.5 Å². The predicted octanol–water partition coefficient (Wildman–Crippen LogP) is 1.98. The van der Waals surface area contributed by atoms with Gasteiger partial charge >= 0.3 is 5.97 Å². The van der Waals surface area contributed by atoms with Gasteiger partial charge in [-0.2, -0.15) is 0 Å². The number of nitrogens with zero attached hydrogens (tertiary/aromatic N) is 2. The number of hydrazine groups is 1. The van der Waals surface area contributed by atoms with Crippen LogP contribution in [-0.2, 0) is 20.8 Å². The molecule has 9 heteroatoms. The summed E-state index contributed by atoms with van der Waals surface area (Å²) >= 11 is 0. The molecular formula is C23H31N5O4. The smallest absolute Gasteiger partial charge is 0.306 e. The molecule has 0 saturated carbocycles. The zero-order chi connectivity index (χ0) is 23.1. The van der Waals surface area contributed by atoms with Gasteiger partial charge in [-0.15, -0.1) is 0 Å². The van der Waals surface area contributed by atoms with E-state index in [1.165, 1.54) is 5.01 Å². The Kier molecular flexibility index (Phi) is 7.99. The van der Waals surface area contributed by atoms with Gasteiger partial charge in [0.2, 0.25) is 11.8 Å². The van der Waals surface area contributed by atoms with Crippen molar-refractivity contribution in [1.82, 2.24) is 25.7 Å². The highest BCUT2D eigenvalue weighted by Gasteiger charge is 2.36. The fraction of sp³-hybridized carbons (Fsp3) is 0.478. The third-order valence-electron chi connectivity index (χ3n) is 5.99. The Morgan fingerprint density at radius 1 is 1.28 bits per heavy atom. The summed E-state index contributed by atoms with van der Waals surface area (Å²) in [7, 11) is 1.55. The number of H-pyrrole nitrogens is 1. The second-order valence-electron chi connectivity index (χ2n) is 8.26. The highest BCUT2D eigenvalue weighted by atomic mass is 16.4. The Morgan fingerprint density at radius 3 is 2.66 bits per heavy atom. The number of rotatable bonds is 9. The van der Waals surface area contributed by atoms with E-state index in [-0.39, 0.29) is 18.2 Å². The van der Waals surface area contributed by atoms with Crippen LogP contribution in [0.1, 0.15) is 38.2 Å². The molecule has 1 aliphatic rings. The number of carbonyl (C=O) groups excluding carboxylic acids is 2. The van der Waals surface area contributed by atoms with Crippen LogP contribution >= 0.6 is 0 Å². The maximum atomic E-state index is 13.4. The van der Waals surface area contributed by atoms with Gasteiger partial charge < -0.3 is 15.4 Å². The molecule has 1 aromatic carbocycles. The number of aromatic amines is 1. The van der Waals surface area contributed by atoms with E-state index in [2.05, 4.69) is 20.7 Å². The zero-order valence-corrected chi connectivity index (χ0v) is 18.5.